The van der Waals surface area contributed by atoms with Crippen molar-refractivity contribution in [3.05, 3.63) is 33.6 Å². The second-order valence-electron chi connectivity index (χ2n) is 9.45. The minimum absolute atomic E-state index is 0. The second kappa shape index (κ2) is 13.4. The Morgan fingerprint density at radius 2 is 1.31 bits per heavy atom. The van der Waals surface area contributed by atoms with Gasteiger partial charge in [-0.2, -0.15) is 0 Å². The van der Waals surface area contributed by atoms with Crippen molar-refractivity contribution in [1.82, 2.24) is 20.2 Å². The van der Waals surface area contributed by atoms with Crippen molar-refractivity contribution in [3.63, 3.8) is 0 Å². The minimum atomic E-state index is -4.42. The van der Waals surface area contributed by atoms with Crippen LogP contribution in [-0.4, -0.2) is 74.2 Å². The number of hydrogen-bond donors (Lipinski definition) is 3. The third-order valence-corrected chi connectivity index (χ3v) is 9.79. The Morgan fingerprint density at radius 1 is 0.821 bits per heavy atom. The van der Waals surface area contributed by atoms with Crippen molar-refractivity contribution in [2.75, 3.05) is 0 Å². The number of allylic oxidation sites excluding steroid dienone is 2. The maximum atomic E-state index is 12.8. The van der Waals surface area contributed by atoms with Crippen LogP contribution < -0.4 is 70.1 Å². The van der Waals surface area contributed by atoms with Crippen LogP contribution in [0.1, 0.15) is 63.0 Å². The zero-order valence-corrected chi connectivity index (χ0v) is 27.2. The average Bonchev–Trinajstić information content (AvgIpc) is 3.28. The maximum Gasteiger partial charge on any atom is 1.00 e. The number of nitrogens with one attached hydrogen (secondary N) is 2. The van der Waals surface area contributed by atoms with Gasteiger partial charge in [-0.05, 0) is 63.5 Å². The van der Waals surface area contributed by atoms with E-state index in [9.17, 15) is 45.4 Å². The fraction of sp³-hybridized carbons (Fsp3) is 0.571. The average molecular weight is 605 g/mol. The third-order valence-electron chi connectivity index (χ3n) is 7.21. The molecule has 3 aliphatic rings. The van der Waals surface area contributed by atoms with Crippen LogP contribution in [0.25, 0.3) is 6.08 Å². The number of aromatic nitrogens is 2. The Bertz CT molecular complexity index is 1420. The number of hydrazine groups is 1. The summed E-state index contributed by atoms with van der Waals surface area (Å²) < 4.78 is 68.5. The summed E-state index contributed by atoms with van der Waals surface area (Å²) in [7, 11) is -8.82. The van der Waals surface area contributed by atoms with E-state index in [1.807, 2.05) is 0 Å². The van der Waals surface area contributed by atoms with Crippen molar-refractivity contribution >= 4 is 38.1 Å². The molecule has 1 aliphatic heterocycles. The first-order valence-electron chi connectivity index (χ1n) is 11.7. The van der Waals surface area contributed by atoms with Crippen LogP contribution in [0.5, 0.6) is 5.88 Å². The van der Waals surface area contributed by atoms with Gasteiger partial charge in [-0.25, -0.2) is 21.8 Å². The molecule has 0 radical (unpaired) electrons. The van der Waals surface area contributed by atoms with Gasteiger partial charge in [0.1, 0.15) is 11.1 Å². The summed E-state index contributed by atoms with van der Waals surface area (Å²) in [6.07, 6.45) is 5.06. The summed E-state index contributed by atoms with van der Waals surface area (Å²) in [4.78, 5) is 37.5. The van der Waals surface area contributed by atoms with E-state index < -0.39 is 66.1 Å². The summed E-state index contributed by atoms with van der Waals surface area (Å²) in [5, 5.41) is 12.1. The van der Waals surface area contributed by atoms with E-state index in [2.05, 4.69) is 10.5 Å². The van der Waals surface area contributed by atoms with E-state index >= 15 is 0 Å². The fourth-order valence-electron chi connectivity index (χ4n) is 5.14. The molecule has 0 atom stereocenters. The Hall–Kier alpha value is -0.950. The molecular weight excluding hydrogens is 578 g/mol. The van der Waals surface area contributed by atoms with Crippen molar-refractivity contribution in [2.45, 2.75) is 74.0 Å². The first-order valence-corrected chi connectivity index (χ1v) is 14.7. The fourth-order valence-corrected chi connectivity index (χ4v) is 6.84. The number of nitrogens with zero attached hydrogens (tertiary/aromatic N) is 2. The van der Waals surface area contributed by atoms with Gasteiger partial charge in [-0.1, -0.05) is 6.08 Å². The number of amides is 2. The number of carbonyl (C=O) groups is 2. The molecule has 0 spiro atoms. The number of carbonyl (C=O) groups excluding carboxylic acids is 2. The van der Waals surface area contributed by atoms with E-state index in [-0.39, 0.29) is 122 Å². The quantitative estimate of drug-likeness (QED) is 0.121. The van der Waals surface area contributed by atoms with Crippen LogP contribution in [0.15, 0.2) is 22.5 Å². The van der Waals surface area contributed by atoms with Crippen molar-refractivity contribution in [1.29, 1.82) is 0 Å². The zero-order chi connectivity index (χ0) is 27.1. The van der Waals surface area contributed by atoms with Gasteiger partial charge in [0.25, 0.3) is 17.4 Å². The molecule has 18 heteroatoms. The molecular formula is C21H26N4Na2O10S2. The van der Waals surface area contributed by atoms with Gasteiger partial charge >= 0.3 is 59.1 Å². The molecule has 0 aromatic carbocycles. The Morgan fingerprint density at radius 3 is 1.79 bits per heavy atom. The van der Waals surface area contributed by atoms with Gasteiger partial charge in [0.2, 0.25) is 5.88 Å². The van der Waals surface area contributed by atoms with Crippen LogP contribution >= 0.6 is 0 Å². The van der Waals surface area contributed by atoms with E-state index in [1.54, 1.807) is 0 Å². The van der Waals surface area contributed by atoms with Crippen LogP contribution in [0, 0.1) is 0 Å². The maximum absolute atomic E-state index is 12.8. The summed E-state index contributed by atoms with van der Waals surface area (Å²) in [6, 6.07) is -0.870. The molecule has 204 valence electrons. The Kier molecular flexibility index (Phi) is 11.7. The molecule has 3 N–H and O–H groups in total. The second-order valence-corrected chi connectivity index (χ2v) is 12.8. The molecule has 2 amide bonds. The Labute approximate surface area is 269 Å². The molecule has 0 bridgehead atoms. The summed E-state index contributed by atoms with van der Waals surface area (Å²) in [5.74, 6) is -1.72. The first kappa shape index (κ1) is 34.3. The first-order chi connectivity index (χ1) is 17.3. The predicted octanol–water partition coefficient (Wildman–Crippen LogP) is -6.41. The van der Waals surface area contributed by atoms with Crippen LogP contribution in [-0.2, 0) is 29.8 Å². The van der Waals surface area contributed by atoms with Crippen molar-refractivity contribution in [3.8, 4) is 5.88 Å². The van der Waals surface area contributed by atoms with Gasteiger partial charge in [0, 0.05) is 10.5 Å². The zero-order valence-electron chi connectivity index (χ0n) is 21.5. The van der Waals surface area contributed by atoms with Crippen molar-refractivity contribution < 1.29 is 99.8 Å². The number of aromatic amines is 1. The number of rotatable bonds is 6. The van der Waals surface area contributed by atoms with E-state index in [1.165, 1.54) is 22.9 Å². The summed E-state index contributed by atoms with van der Waals surface area (Å²) in [5.41, 5.74) is 1.45. The van der Waals surface area contributed by atoms with E-state index in [0.717, 1.165) is 5.01 Å². The molecule has 4 rings (SSSR count). The van der Waals surface area contributed by atoms with Crippen LogP contribution in [0.4, 0.5) is 0 Å². The molecule has 1 saturated heterocycles. The SMILES string of the molecule is O=C1NN(C2CCC(S(=O)(=O)[O-])CC2)C(=O)/C1=C\C=Cc1c(O)n(C2CCC(S(=O)(=O)[O-])CC2)[nH]c1=O.[Na+].[Na+]. The van der Waals surface area contributed by atoms with E-state index in [4.69, 9.17) is 0 Å². The minimum Gasteiger partial charge on any atom is -0.748 e. The molecule has 39 heavy (non-hydrogen) atoms. The normalized spacial score (nSPS) is 27.3. The summed E-state index contributed by atoms with van der Waals surface area (Å²) >= 11 is 0. The van der Waals surface area contributed by atoms with Gasteiger partial charge < -0.3 is 14.2 Å². The van der Waals surface area contributed by atoms with E-state index in [0.29, 0.717) is 0 Å². The smallest absolute Gasteiger partial charge is 0.748 e. The third kappa shape index (κ3) is 7.67. The van der Waals surface area contributed by atoms with Crippen molar-refractivity contribution in [2.24, 2.45) is 0 Å². The van der Waals surface area contributed by atoms with Gasteiger partial charge in [-0.15, -0.1) is 0 Å². The molecule has 2 aliphatic carbocycles. The summed E-state index contributed by atoms with van der Waals surface area (Å²) in [6.45, 7) is 0. The van der Waals surface area contributed by atoms with Gasteiger partial charge in [0.15, 0.2) is 0 Å². The monoisotopic (exact) mass is 604 g/mol. The number of hydrogen-bond acceptors (Lipinski definition) is 10. The van der Waals surface area contributed by atoms with Crippen LogP contribution in [0.2, 0.25) is 0 Å². The molecule has 2 saturated carbocycles. The molecule has 0 unspecified atom stereocenters. The van der Waals surface area contributed by atoms with Gasteiger partial charge in [0.05, 0.1) is 32.3 Å². The predicted molar refractivity (Wildman–Crippen MR) is 126 cm³/mol. The largest absolute Gasteiger partial charge is 1.00 e. The van der Waals surface area contributed by atoms with Crippen LogP contribution in [0.3, 0.4) is 0 Å². The molecule has 2 heterocycles. The molecule has 1 aromatic rings. The van der Waals surface area contributed by atoms with Gasteiger partial charge in [-0.3, -0.25) is 29.6 Å². The standard InChI is InChI=1S/C21H28N4O10S2.2Na/c26-18-16(20(28)24(22-18)12-4-8-14(9-5-12)36(30,31)32)2-1-3-17-19(27)23-25(21(17)29)13-6-10-15(11-7-13)37(33,34)35;;/h1-3,12-15,28H,4-11H2,(H,22,26)(H,23,27)(H,30,31,32)(H,33,34,35);;/q;2*+1/p-2/b2-1?,17-3-;;. The molecule has 3 fully saturated rings. The topological polar surface area (TPSA) is 222 Å². The number of H-pyrrole nitrogens is 1. The molecule has 1 aromatic heterocycles. The Balaban J connectivity index is 0.00000267. The molecule has 14 nitrogen and oxygen atoms in total. The number of aromatic hydroxyl groups is 1.